The van der Waals surface area contributed by atoms with Crippen LogP contribution >= 0.6 is 27.5 Å². The van der Waals surface area contributed by atoms with Gasteiger partial charge in [-0.2, -0.15) is 0 Å². The Kier molecular flexibility index (Phi) is 3.66. The molecule has 0 N–H and O–H groups in total. The van der Waals surface area contributed by atoms with E-state index >= 15 is 0 Å². The number of carbonyl (C=O) groups is 1. The molecular weight excluding hydrogens is 179 g/mol. The molecule has 0 aromatic heterocycles. The van der Waals surface area contributed by atoms with Crippen molar-refractivity contribution in [2.75, 3.05) is 5.33 Å². The Morgan fingerprint density at radius 1 is 2.00 bits per heavy atom. The second-order valence-corrected chi connectivity index (χ2v) is 2.43. The van der Waals surface area contributed by atoms with Crippen molar-refractivity contribution in [2.24, 2.45) is 0 Å². The van der Waals surface area contributed by atoms with Crippen LogP contribution in [0.4, 0.5) is 0 Å². The van der Waals surface area contributed by atoms with Gasteiger partial charge in [-0.3, -0.25) is 4.79 Å². The Morgan fingerprint density at radius 3 is 2.43 bits per heavy atom. The molecule has 0 spiro atoms. The van der Waals surface area contributed by atoms with Gasteiger partial charge in [0.2, 0.25) is 0 Å². The number of alkyl halides is 2. The summed E-state index contributed by atoms with van der Waals surface area (Å²) in [4.78, 5) is 10.3. The van der Waals surface area contributed by atoms with Gasteiger partial charge in [-0.1, -0.05) is 15.9 Å². The molecule has 0 aromatic carbocycles. The second-order valence-electron chi connectivity index (χ2n) is 1.22. The highest BCUT2D eigenvalue weighted by atomic mass is 79.9. The van der Waals surface area contributed by atoms with Crippen molar-refractivity contribution in [1.29, 1.82) is 0 Å². The zero-order valence-corrected chi connectivity index (χ0v) is 6.29. The Hall–Kier alpha value is 0.440. The summed E-state index contributed by atoms with van der Waals surface area (Å²) in [5.41, 5.74) is 0. The van der Waals surface area contributed by atoms with Crippen LogP contribution < -0.4 is 0 Å². The van der Waals surface area contributed by atoms with E-state index in [1.54, 1.807) is 6.92 Å². The average Bonchev–Trinajstić information content (AvgIpc) is 1.65. The number of ketones is 1. The van der Waals surface area contributed by atoms with Gasteiger partial charge in [0.1, 0.15) is 0 Å². The van der Waals surface area contributed by atoms with Gasteiger partial charge >= 0.3 is 0 Å². The van der Waals surface area contributed by atoms with Crippen LogP contribution in [-0.2, 0) is 4.79 Å². The molecule has 3 heteroatoms. The third-order valence-corrected chi connectivity index (χ3v) is 1.37. The zero-order valence-electron chi connectivity index (χ0n) is 3.95. The Bertz CT molecular complexity index is 72.1. The first-order valence-electron chi connectivity index (χ1n) is 1.91. The van der Waals surface area contributed by atoms with E-state index in [9.17, 15) is 4.79 Å². The summed E-state index contributed by atoms with van der Waals surface area (Å²) in [5, 5.41) is 0.0110. The van der Waals surface area contributed by atoms with E-state index in [2.05, 4.69) is 15.9 Å². The number of carbonyl (C=O) groups excluding carboxylic acids is 1. The molecular formula is C4H6BrClO. The number of hydrogen-bond acceptors (Lipinski definition) is 1. The molecule has 0 rings (SSSR count). The molecule has 0 radical (unpaired) electrons. The zero-order chi connectivity index (χ0) is 5.86. The van der Waals surface area contributed by atoms with Crippen LogP contribution in [-0.4, -0.2) is 16.5 Å². The highest BCUT2D eigenvalue weighted by Gasteiger charge is 2.04. The third-order valence-electron chi connectivity index (χ3n) is 0.575. The maximum atomic E-state index is 10.3. The SMILES string of the molecule is CC(Cl)C(=O)CBr. The summed E-state index contributed by atoms with van der Waals surface area (Å²) in [5.74, 6) is 0.0293. The third kappa shape index (κ3) is 3.06. The lowest BCUT2D eigenvalue weighted by Gasteiger charge is -1.92. The summed E-state index contributed by atoms with van der Waals surface area (Å²) >= 11 is 8.33. The van der Waals surface area contributed by atoms with Crippen molar-refractivity contribution in [3.63, 3.8) is 0 Å². The largest absolute Gasteiger partial charge is 0.297 e. The van der Waals surface area contributed by atoms with Crippen LogP contribution in [0.15, 0.2) is 0 Å². The van der Waals surface area contributed by atoms with E-state index in [-0.39, 0.29) is 11.2 Å². The smallest absolute Gasteiger partial charge is 0.160 e. The quantitative estimate of drug-likeness (QED) is 0.597. The van der Waals surface area contributed by atoms with Gasteiger partial charge in [0.25, 0.3) is 0 Å². The van der Waals surface area contributed by atoms with Crippen molar-refractivity contribution >= 4 is 33.3 Å². The Balaban J connectivity index is 3.35. The maximum absolute atomic E-state index is 10.3. The normalized spacial score (nSPS) is 13.6. The van der Waals surface area contributed by atoms with E-state index in [0.29, 0.717) is 5.33 Å². The van der Waals surface area contributed by atoms with Gasteiger partial charge in [0, 0.05) is 0 Å². The molecule has 0 aliphatic rings. The van der Waals surface area contributed by atoms with E-state index in [4.69, 9.17) is 11.6 Å². The molecule has 0 amide bonds. The highest BCUT2D eigenvalue weighted by Crippen LogP contribution is 1.96. The molecule has 0 aromatic rings. The minimum atomic E-state index is -0.348. The summed E-state index contributed by atoms with van der Waals surface area (Å²) < 4.78 is 0. The minimum absolute atomic E-state index is 0.0293. The molecule has 1 atom stereocenters. The Morgan fingerprint density at radius 2 is 2.43 bits per heavy atom. The van der Waals surface area contributed by atoms with Crippen molar-refractivity contribution in [2.45, 2.75) is 12.3 Å². The lowest BCUT2D eigenvalue weighted by Crippen LogP contribution is -2.10. The molecule has 0 saturated carbocycles. The standard InChI is InChI=1S/C4H6BrClO/c1-3(6)4(7)2-5/h3H,2H2,1H3. The van der Waals surface area contributed by atoms with Crippen molar-refractivity contribution in [1.82, 2.24) is 0 Å². The van der Waals surface area contributed by atoms with Crippen LogP contribution in [0.1, 0.15) is 6.92 Å². The van der Waals surface area contributed by atoms with Gasteiger partial charge < -0.3 is 0 Å². The van der Waals surface area contributed by atoms with Crippen molar-refractivity contribution in [3.05, 3.63) is 0 Å². The van der Waals surface area contributed by atoms with Crippen molar-refractivity contribution < 1.29 is 4.79 Å². The minimum Gasteiger partial charge on any atom is -0.297 e. The van der Waals surface area contributed by atoms with Gasteiger partial charge in [-0.25, -0.2) is 0 Å². The van der Waals surface area contributed by atoms with Crippen molar-refractivity contribution in [3.8, 4) is 0 Å². The van der Waals surface area contributed by atoms with Gasteiger partial charge in [0.05, 0.1) is 10.7 Å². The lowest BCUT2D eigenvalue weighted by atomic mass is 10.3. The molecule has 0 bridgehead atoms. The first-order valence-corrected chi connectivity index (χ1v) is 3.47. The number of rotatable bonds is 2. The number of halogens is 2. The molecule has 0 fully saturated rings. The van der Waals surface area contributed by atoms with E-state index in [0.717, 1.165) is 0 Å². The number of Topliss-reactive ketones (excluding diaryl/α,β-unsaturated/α-hetero) is 1. The molecule has 0 aliphatic heterocycles. The van der Waals surface area contributed by atoms with Gasteiger partial charge in [0.15, 0.2) is 5.78 Å². The first kappa shape index (κ1) is 7.44. The number of hydrogen-bond donors (Lipinski definition) is 0. The summed E-state index contributed by atoms with van der Waals surface area (Å²) in [6.07, 6.45) is 0. The molecule has 0 heterocycles. The molecule has 1 unspecified atom stereocenters. The maximum Gasteiger partial charge on any atom is 0.160 e. The summed E-state index contributed by atoms with van der Waals surface area (Å²) in [6, 6.07) is 0. The van der Waals surface area contributed by atoms with Gasteiger partial charge in [-0.15, -0.1) is 11.6 Å². The molecule has 42 valence electrons. The predicted octanol–water partition coefficient (Wildman–Crippen LogP) is 1.58. The molecule has 0 aliphatic carbocycles. The van der Waals surface area contributed by atoms with Crippen LogP contribution in [0.2, 0.25) is 0 Å². The van der Waals surface area contributed by atoms with E-state index < -0.39 is 0 Å². The predicted molar refractivity (Wildman–Crippen MR) is 34.1 cm³/mol. The van der Waals surface area contributed by atoms with Crippen LogP contribution in [0, 0.1) is 0 Å². The fraction of sp³-hybridized carbons (Fsp3) is 0.750. The highest BCUT2D eigenvalue weighted by molar-refractivity contribution is 9.09. The van der Waals surface area contributed by atoms with Gasteiger partial charge in [-0.05, 0) is 6.92 Å². The second kappa shape index (κ2) is 3.44. The van der Waals surface area contributed by atoms with E-state index in [1.165, 1.54) is 0 Å². The molecule has 0 saturated heterocycles. The fourth-order valence-corrected chi connectivity index (χ4v) is 0.855. The molecule has 7 heavy (non-hydrogen) atoms. The molecule has 1 nitrogen and oxygen atoms in total. The topological polar surface area (TPSA) is 17.1 Å². The summed E-state index contributed by atoms with van der Waals surface area (Å²) in [6.45, 7) is 1.66. The summed E-state index contributed by atoms with van der Waals surface area (Å²) in [7, 11) is 0. The Labute approximate surface area is 56.2 Å². The van der Waals surface area contributed by atoms with Crippen LogP contribution in [0.25, 0.3) is 0 Å². The fourth-order valence-electron chi connectivity index (χ4n) is 0.106. The van der Waals surface area contributed by atoms with Crippen LogP contribution in [0.3, 0.4) is 0 Å². The van der Waals surface area contributed by atoms with E-state index in [1.807, 2.05) is 0 Å². The lowest BCUT2D eigenvalue weighted by molar-refractivity contribution is -0.115. The average molecular weight is 185 g/mol. The monoisotopic (exact) mass is 184 g/mol. The first-order chi connectivity index (χ1) is 3.18. The van der Waals surface area contributed by atoms with Crippen LogP contribution in [0.5, 0.6) is 0 Å².